The first-order valence-electron chi connectivity index (χ1n) is 12.2. The van der Waals surface area contributed by atoms with Crippen molar-refractivity contribution in [1.29, 1.82) is 0 Å². The summed E-state index contributed by atoms with van der Waals surface area (Å²) in [6.07, 6.45) is 12.7. The molecule has 0 amide bonds. The van der Waals surface area contributed by atoms with Crippen molar-refractivity contribution in [3.63, 3.8) is 0 Å². The van der Waals surface area contributed by atoms with E-state index >= 15 is 0 Å². The molecule has 4 heterocycles. The van der Waals surface area contributed by atoms with Crippen LogP contribution in [0.4, 0.5) is 11.4 Å². The summed E-state index contributed by atoms with van der Waals surface area (Å²) in [6.45, 7) is 7.49. The van der Waals surface area contributed by atoms with E-state index in [9.17, 15) is 5.11 Å². The number of aliphatic hydroxyl groups is 1. The molecule has 8 nitrogen and oxygen atoms in total. The molecule has 0 aliphatic carbocycles. The Balaban J connectivity index is 1.41. The molecule has 1 fully saturated rings. The van der Waals surface area contributed by atoms with Crippen LogP contribution in [0.2, 0.25) is 5.02 Å². The number of halogens is 1. The number of rotatable bonds is 6. The Labute approximate surface area is 215 Å². The van der Waals surface area contributed by atoms with Gasteiger partial charge in [-0.05, 0) is 57.2 Å². The van der Waals surface area contributed by atoms with Gasteiger partial charge in [0.05, 0.1) is 34.3 Å². The molecule has 1 aliphatic rings. The third kappa shape index (κ3) is 5.10. The Morgan fingerprint density at radius 3 is 2.53 bits per heavy atom. The summed E-state index contributed by atoms with van der Waals surface area (Å²) in [6, 6.07) is 6.25. The van der Waals surface area contributed by atoms with Crippen molar-refractivity contribution in [2.24, 2.45) is 5.92 Å². The lowest BCUT2D eigenvalue weighted by molar-refractivity contribution is 0.0687. The van der Waals surface area contributed by atoms with Gasteiger partial charge in [0.2, 0.25) is 0 Å². The SMILES string of the molecule is C[C@H](Nc1c(Cl)cnc2ccc(-c3cnc(C(C)(C)O)nc3)cc12)[C@H]1CCCN(c2cncnc2)C1. The molecule has 1 aromatic carbocycles. The molecular weight excluding hydrogens is 474 g/mol. The summed E-state index contributed by atoms with van der Waals surface area (Å²) in [5.74, 6) is 0.820. The average molecular weight is 504 g/mol. The summed E-state index contributed by atoms with van der Waals surface area (Å²) >= 11 is 6.68. The van der Waals surface area contributed by atoms with Crippen molar-refractivity contribution in [3.05, 3.63) is 66.4 Å². The minimum Gasteiger partial charge on any atom is -0.382 e. The van der Waals surface area contributed by atoms with Gasteiger partial charge >= 0.3 is 0 Å². The molecule has 0 saturated carbocycles. The Bertz CT molecular complexity index is 1340. The van der Waals surface area contributed by atoms with Crippen LogP contribution >= 0.6 is 11.6 Å². The van der Waals surface area contributed by atoms with Crippen LogP contribution in [0.15, 0.2) is 55.5 Å². The predicted octanol–water partition coefficient (Wildman–Crippen LogP) is 5.08. The fourth-order valence-electron chi connectivity index (χ4n) is 4.74. The molecule has 9 heteroatoms. The highest BCUT2D eigenvalue weighted by Gasteiger charge is 2.26. The zero-order valence-electron chi connectivity index (χ0n) is 20.7. The largest absolute Gasteiger partial charge is 0.382 e. The highest BCUT2D eigenvalue weighted by Crippen LogP contribution is 2.35. The smallest absolute Gasteiger partial charge is 0.159 e. The zero-order chi connectivity index (χ0) is 25.3. The maximum Gasteiger partial charge on any atom is 0.159 e. The van der Waals surface area contributed by atoms with E-state index < -0.39 is 5.60 Å². The third-order valence-corrected chi connectivity index (χ3v) is 7.09. The van der Waals surface area contributed by atoms with Crippen molar-refractivity contribution in [2.45, 2.75) is 45.3 Å². The Morgan fingerprint density at radius 2 is 1.81 bits per heavy atom. The van der Waals surface area contributed by atoms with E-state index in [2.05, 4.69) is 48.1 Å². The van der Waals surface area contributed by atoms with Gasteiger partial charge in [-0.1, -0.05) is 17.7 Å². The average Bonchev–Trinajstić information content (AvgIpc) is 2.90. The Hall–Kier alpha value is -3.36. The zero-order valence-corrected chi connectivity index (χ0v) is 21.4. The van der Waals surface area contributed by atoms with Gasteiger partial charge in [-0.25, -0.2) is 19.9 Å². The molecule has 0 spiro atoms. The number of pyridine rings is 1. The van der Waals surface area contributed by atoms with Crippen molar-refractivity contribution in [1.82, 2.24) is 24.9 Å². The monoisotopic (exact) mass is 503 g/mol. The number of nitrogens with zero attached hydrogens (tertiary/aromatic N) is 6. The number of hydrogen-bond acceptors (Lipinski definition) is 8. The fraction of sp³-hybridized carbons (Fsp3) is 0.370. The van der Waals surface area contributed by atoms with E-state index in [4.69, 9.17) is 11.6 Å². The van der Waals surface area contributed by atoms with Gasteiger partial charge in [-0.15, -0.1) is 0 Å². The first-order chi connectivity index (χ1) is 17.3. The number of piperidine rings is 1. The molecule has 1 aliphatic heterocycles. The van der Waals surface area contributed by atoms with Crippen molar-refractivity contribution < 1.29 is 5.11 Å². The van der Waals surface area contributed by atoms with Gasteiger partial charge in [-0.2, -0.15) is 0 Å². The second kappa shape index (κ2) is 9.95. The third-order valence-electron chi connectivity index (χ3n) is 6.80. The normalized spacial score (nSPS) is 17.2. The fourth-order valence-corrected chi connectivity index (χ4v) is 4.95. The number of aromatic nitrogens is 5. The van der Waals surface area contributed by atoms with E-state index in [-0.39, 0.29) is 6.04 Å². The summed E-state index contributed by atoms with van der Waals surface area (Å²) in [7, 11) is 0. The molecule has 0 radical (unpaired) electrons. The lowest BCUT2D eigenvalue weighted by Gasteiger charge is -2.37. The van der Waals surface area contributed by atoms with Gasteiger partial charge in [0.15, 0.2) is 5.82 Å². The minimum atomic E-state index is -1.09. The summed E-state index contributed by atoms with van der Waals surface area (Å²) < 4.78 is 0. The van der Waals surface area contributed by atoms with E-state index in [0.717, 1.165) is 59.3 Å². The molecule has 5 rings (SSSR count). The summed E-state index contributed by atoms with van der Waals surface area (Å²) in [4.78, 5) is 24.0. The Kier molecular flexibility index (Phi) is 6.73. The topological polar surface area (TPSA) is 100.0 Å². The molecule has 0 unspecified atom stereocenters. The maximum atomic E-state index is 10.2. The van der Waals surface area contributed by atoms with E-state index in [0.29, 0.717) is 16.8 Å². The molecule has 2 atom stereocenters. The van der Waals surface area contributed by atoms with Crippen LogP contribution < -0.4 is 10.2 Å². The summed E-state index contributed by atoms with van der Waals surface area (Å²) in [5.41, 5.74) is 3.52. The number of nitrogens with one attached hydrogen (secondary N) is 1. The van der Waals surface area contributed by atoms with Gasteiger partial charge in [0.1, 0.15) is 11.9 Å². The van der Waals surface area contributed by atoms with E-state index in [1.165, 1.54) is 0 Å². The highest BCUT2D eigenvalue weighted by molar-refractivity contribution is 6.34. The second-order valence-corrected chi connectivity index (χ2v) is 10.4. The quantitative estimate of drug-likeness (QED) is 0.375. The lowest BCUT2D eigenvalue weighted by atomic mass is 9.91. The predicted molar refractivity (Wildman–Crippen MR) is 143 cm³/mol. The molecule has 3 aromatic heterocycles. The molecule has 2 N–H and O–H groups in total. The van der Waals surface area contributed by atoms with Crippen LogP contribution in [0.25, 0.3) is 22.0 Å². The first-order valence-corrected chi connectivity index (χ1v) is 12.6. The van der Waals surface area contributed by atoms with Gasteiger partial charge in [0, 0.05) is 48.7 Å². The standard InChI is InChI=1S/C27H30ClN7O/c1-17(19-5-4-8-35(15-19)21-12-29-16-30-13-21)34-25-22-9-18(6-7-24(22)31-14-23(25)28)20-10-32-26(33-11-20)27(2,3)36/h6-7,9-14,16-17,19,36H,4-5,8,15H2,1-3H3,(H,31,34)/t17-,19-/m0/s1. The summed E-state index contributed by atoms with van der Waals surface area (Å²) in [5, 5.41) is 15.4. The van der Waals surface area contributed by atoms with Gasteiger partial charge in [-0.3, -0.25) is 4.98 Å². The minimum absolute atomic E-state index is 0.193. The number of benzene rings is 1. The Morgan fingerprint density at radius 1 is 1.06 bits per heavy atom. The first kappa shape index (κ1) is 24.3. The van der Waals surface area contributed by atoms with Gasteiger partial charge < -0.3 is 15.3 Å². The van der Waals surface area contributed by atoms with Crippen molar-refractivity contribution >= 4 is 33.9 Å². The van der Waals surface area contributed by atoms with Crippen molar-refractivity contribution in [2.75, 3.05) is 23.3 Å². The number of anilines is 2. The number of fused-ring (bicyclic) bond motifs is 1. The van der Waals surface area contributed by atoms with E-state index in [1.54, 1.807) is 38.8 Å². The van der Waals surface area contributed by atoms with Crippen LogP contribution in [-0.2, 0) is 5.60 Å². The maximum absolute atomic E-state index is 10.2. The lowest BCUT2D eigenvalue weighted by Crippen LogP contribution is -2.42. The molecule has 4 aromatic rings. The van der Waals surface area contributed by atoms with Crippen molar-refractivity contribution in [3.8, 4) is 11.1 Å². The molecular formula is C27H30ClN7O. The van der Waals surface area contributed by atoms with Crippen LogP contribution in [0, 0.1) is 5.92 Å². The number of hydrogen-bond donors (Lipinski definition) is 2. The van der Waals surface area contributed by atoms with Crippen LogP contribution in [0.1, 0.15) is 39.4 Å². The second-order valence-electron chi connectivity index (χ2n) is 9.95. The van der Waals surface area contributed by atoms with E-state index in [1.807, 2.05) is 24.5 Å². The molecule has 1 saturated heterocycles. The molecule has 36 heavy (non-hydrogen) atoms. The van der Waals surface area contributed by atoms with Crippen LogP contribution in [0.3, 0.4) is 0 Å². The van der Waals surface area contributed by atoms with Gasteiger partial charge in [0.25, 0.3) is 0 Å². The molecule has 186 valence electrons. The molecule has 0 bridgehead atoms. The highest BCUT2D eigenvalue weighted by atomic mass is 35.5. The van der Waals surface area contributed by atoms with Crippen LogP contribution in [0.5, 0.6) is 0 Å². The van der Waals surface area contributed by atoms with Crippen LogP contribution in [-0.4, -0.2) is 49.2 Å².